The van der Waals surface area contributed by atoms with Gasteiger partial charge in [0, 0.05) is 0 Å². The first-order valence-corrected chi connectivity index (χ1v) is 3.34. The average Bonchev–Trinajstić information content (AvgIpc) is 2.00. The van der Waals surface area contributed by atoms with Crippen molar-refractivity contribution < 1.29 is 9.22 Å². The summed E-state index contributed by atoms with van der Waals surface area (Å²) in [5.41, 5.74) is 5.47. The Balaban J connectivity index is 3.93. The standard InChI is InChI=1S/C7H14NO2/c1-4-5(2)6(8)7(9)10-3/h5-6H,3-4,8H2,1-2H3/q+1/t5-,6+/m1/s1. The second kappa shape index (κ2) is 4.17. The van der Waals surface area contributed by atoms with Gasteiger partial charge in [0.15, 0.2) is 12.8 Å². The maximum absolute atomic E-state index is 10.7. The third-order valence-corrected chi connectivity index (χ3v) is 1.67. The molecule has 2 N–H and O–H groups in total. The monoisotopic (exact) mass is 144 g/mol. The van der Waals surface area contributed by atoms with Gasteiger partial charge in [-0.25, -0.2) is 0 Å². The van der Waals surface area contributed by atoms with Crippen molar-refractivity contribution >= 4 is 12.8 Å². The third-order valence-electron chi connectivity index (χ3n) is 1.67. The van der Waals surface area contributed by atoms with Gasteiger partial charge in [0.2, 0.25) is 0 Å². The van der Waals surface area contributed by atoms with Gasteiger partial charge in [0.05, 0.1) is 4.79 Å². The molecule has 0 aliphatic carbocycles. The minimum atomic E-state index is -0.525. The van der Waals surface area contributed by atoms with E-state index >= 15 is 0 Å². The Morgan fingerprint density at radius 2 is 2.30 bits per heavy atom. The molecule has 0 saturated heterocycles. The van der Waals surface area contributed by atoms with Crippen LogP contribution < -0.4 is 5.73 Å². The minimum absolute atomic E-state index is 0.161. The average molecular weight is 144 g/mol. The Kier molecular flexibility index (Phi) is 3.88. The summed E-state index contributed by atoms with van der Waals surface area (Å²) < 4.78 is 4.22. The van der Waals surface area contributed by atoms with Gasteiger partial charge >= 0.3 is 5.97 Å². The molecule has 10 heavy (non-hydrogen) atoms. The molecule has 0 spiro atoms. The lowest BCUT2D eigenvalue weighted by atomic mass is 10.0. The zero-order valence-electron chi connectivity index (χ0n) is 6.46. The van der Waals surface area contributed by atoms with Crippen molar-refractivity contribution in [2.24, 2.45) is 11.7 Å². The lowest BCUT2D eigenvalue weighted by Crippen LogP contribution is -2.36. The second-order valence-electron chi connectivity index (χ2n) is 2.37. The molecule has 0 aromatic rings. The van der Waals surface area contributed by atoms with Crippen LogP contribution in [0.25, 0.3) is 0 Å². The summed E-state index contributed by atoms with van der Waals surface area (Å²) >= 11 is 0. The Morgan fingerprint density at radius 3 is 2.60 bits per heavy atom. The predicted octanol–water partition coefficient (Wildman–Crippen LogP) is 0.251. The van der Waals surface area contributed by atoms with E-state index in [9.17, 15) is 4.79 Å². The van der Waals surface area contributed by atoms with Gasteiger partial charge in [-0.1, -0.05) is 20.3 Å². The molecule has 0 bridgehead atoms. The van der Waals surface area contributed by atoms with Gasteiger partial charge in [-0.05, 0) is 5.92 Å². The summed E-state index contributed by atoms with van der Waals surface area (Å²) in [5, 5.41) is 0. The Labute approximate surface area is 60.9 Å². The zero-order chi connectivity index (χ0) is 8.15. The maximum Gasteiger partial charge on any atom is 0.596 e. The molecule has 3 heteroatoms. The van der Waals surface area contributed by atoms with Crippen LogP contribution in [0, 0.1) is 5.92 Å². The number of nitrogens with two attached hydrogens (primary N) is 1. The number of rotatable bonds is 3. The first-order valence-electron chi connectivity index (χ1n) is 3.34. The second-order valence-corrected chi connectivity index (χ2v) is 2.37. The van der Waals surface area contributed by atoms with Crippen molar-refractivity contribution in [3.63, 3.8) is 0 Å². The van der Waals surface area contributed by atoms with Crippen molar-refractivity contribution in [3.05, 3.63) is 0 Å². The first kappa shape index (κ1) is 9.30. The molecule has 0 aliphatic heterocycles. The Bertz CT molecular complexity index is 134. The molecule has 2 atom stereocenters. The summed E-state index contributed by atoms with van der Waals surface area (Å²) in [5.74, 6) is -0.274. The quantitative estimate of drug-likeness (QED) is 0.577. The SMILES string of the molecule is C=[O+]C(=O)[C@@H](N)[C@H](C)CC. The Hall–Kier alpha value is -0.700. The Morgan fingerprint density at radius 1 is 1.80 bits per heavy atom. The van der Waals surface area contributed by atoms with Crippen molar-refractivity contribution in [1.82, 2.24) is 0 Å². The van der Waals surface area contributed by atoms with Gasteiger partial charge in [-0.3, -0.25) is 4.42 Å². The predicted molar refractivity (Wildman–Crippen MR) is 39.6 cm³/mol. The molecule has 0 fully saturated rings. The van der Waals surface area contributed by atoms with E-state index in [2.05, 4.69) is 11.2 Å². The molecular formula is C7H14NO2+. The summed E-state index contributed by atoms with van der Waals surface area (Å²) in [7, 11) is 0. The molecule has 58 valence electrons. The highest BCUT2D eigenvalue weighted by atomic mass is 16.4. The normalized spacial score (nSPS) is 15.9. The van der Waals surface area contributed by atoms with E-state index in [0.29, 0.717) is 0 Å². The van der Waals surface area contributed by atoms with E-state index in [4.69, 9.17) is 5.73 Å². The van der Waals surface area contributed by atoms with Gasteiger partial charge < -0.3 is 5.73 Å². The van der Waals surface area contributed by atoms with Crippen molar-refractivity contribution in [2.45, 2.75) is 26.3 Å². The zero-order valence-corrected chi connectivity index (χ0v) is 6.46. The smallest absolute Gasteiger partial charge is 0.313 e. The number of hydrogen-bond acceptors (Lipinski definition) is 2. The van der Waals surface area contributed by atoms with Crippen molar-refractivity contribution in [1.29, 1.82) is 0 Å². The summed E-state index contributed by atoms with van der Waals surface area (Å²) in [6.45, 7) is 6.87. The topological polar surface area (TPSA) is 54.4 Å². The van der Waals surface area contributed by atoms with Crippen LogP contribution in [0.3, 0.4) is 0 Å². The third kappa shape index (κ3) is 2.27. The van der Waals surface area contributed by atoms with Crippen LogP contribution in [0.1, 0.15) is 20.3 Å². The van der Waals surface area contributed by atoms with E-state index in [-0.39, 0.29) is 5.92 Å². The molecule has 0 amide bonds. The van der Waals surface area contributed by atoms with E-state index in [1.807, 2.05) is 13.8 Å². The molecular weight excluding hydrogens is 130 g/mol. The van der Waals surface area contributed by atoms with Gasteiger partial charge in [0.25, 0.3) is 0 Å². The summed E-state index contributed by atoms with van der Waals surface area (Å²) in [4.78, 5) is 10.7. The van der Waals surface area contributed by atoms with Gasteiger partial charge in [-0.2, -0.15) is 0 Å². The molecule has 3 nitrogen and oxygen atoms in total. The van der Waals surface area contributed by atoms with Crippen molar-refractivity contribution in [3.8, 4) is 0 Å². The summed E-state index contributed by atoms with van der Waals surface area (Å²) in [6.07, 6.45) is 0.871. The highest BCUT2D eigenvalue weighted by molar-refractivity contribution is 5.73. The van der Waals surface area contributed by atoms with Crippen LogP contribution in [-0.2, 0) is 9.22 Å². The van der Waals surface area contributed by atoms with Crippen LogP contribution in [0.5, 0.6) is 0 Å². The molecule has 0 radical (unpaired) electrons. The fraction of sp³-hybridized carbons (Fsp3) is 0.714. The molecule has 0 aromatic heterocycles. The van der Waals surface area contributed by atoms with E-state index < -0.39 is 12.0 Å². The van der Waals surface area contributed by atoms with Crippen LogP contribution in [-0.4, -0.2) is 18.8 Å². The van der Waals surface area contributed by atoms with Gasteiger partial charge in [0.1, 0.15) is 0 Å². The van der Waals surface area contributed by atoms with Crippen LogP contribution in [0.15, 0.2) is 0 Å². The van der Waals surface area contributed by atoms with Crippen LogP contribution in [0.2, 0.25) is 0 Å². The maximum atomic E-state index is 10.7. The number of hydrogen-bond donors (Lipinski definition) is 1. The molecule has 0 aromatic carbocycles. The molecule has 0 rings (SSSR count). The fourth-order valence-electron chi connectivity index (χ4n) is 0.582. The van der Waals surface area contributed by atoms with E-state index in [1.54, 1.807) is 0 Å². The van der Waals surface area contributed by atoms with Crippen molar-refractivity contribution in [2.75, 3.05) is 0 Å². The van der Waals surface area contributed by atoms with Crippen LogP contribution in [0.4, 0.5) is 0 Å². The fourth-order valence-corrected chi connectivity index (χ4v) is 0.582. The number of carbonyl (C=O) groups excluding carboxylic acids is 2. The lowest BCUT2D eigenvalue weighted by molar-refractivity contribution is -0.371. The molecule has 0 aliphatic rings. The van der Waals surface area contributed by atoms with Crippen LogP contribution >= 0.6 is 0 Å². The molecule has 0 heterocycles. The highest BCUT2D eigenvalue weighted by Gasteiger charge is 2.28. The van der Waals surface area contributed by atoms with E-state index in [0.717, 1.165) is 6.42 Å². The molecule has 0 saturated carbocycles. The number of carbonyl (C=O) groups is 1. The first-order chi connectivity index (χ1) is 4.63. The van der Waals surface area contributed by atoms with Gasteiger partial charge in [-0.15, -0.1) is 0 Å². The molecule has 0 unspecified atom stereocenters. The largest absolute Gasteiger partial charge is 0.596 e. The minimum Gasteiger partial charge on any atom is -0.313 e. The lowest BCUT2D eigenvalue weighted by Gasteiger charge is -2.07. The highest BCUT2D eigenvalue weighted by Crippen LogP contribution is 2.04. The van der Waals surface area contributed by atoms with E-state index in [1.165, 1.54) is 0 Å². The summed E-state index contributed by atoms with van der Waals surface area (Å²) in [6, 6.07) is -0.525.